The van der Waals surface area contributed by atoms with Crippen LogP contribution < -0.4 is 4.74 Å². The normalized spacial score (nSPS) is 12.1. The van der Waals surface area contributed by atoms with Gasteiger partial charge in [0.2, 0.25) is 5.88 Å². The second-order valence-electron chi connectivity index (χ2n) is 3.97. The van der Waals surface area contributed by atoms with Crippen LogP contribution in [0.25, 0.3) is 0 Å². The molecule has 4 heteroatoms. The number of pyridine rings is 1. The Balaban J connectivity index is 2.13. The fourth-order valence-electron chi connectivity index (χ4n) is 1.56. The average molecular weight is 261 g/mol. The minimum absolute atomic E-state index is 0.403. The number of hydrogen-bond acceptors (Lipinski definition) is 3. The molecule has 0 amide bonds. The first kappa shape index (κ1) is 12.8. The van der Waals surface area contributed by atoms with Crippen molar-refractivity contribution in [2.24, 2.45) is 0 Å². The number of benzene rings is 1. The number of ether oxygens (including phenoxy) is 1. The Morgan fingerprint density at radius 2 is 1.89 bits per heavy atom. The lowest BCUT2D eigenvalue weighted by Crippen LogP contribution is -2.00. The maximum absolute atomic E-state index is 12.2. The fraction of sp³-hybridized carbons (Fsp3) is 0.214. The Kier molecular flexibility index (Phi) is 4.10. The SMILES string of the molecule is COc1cccc(C[S@@](=O)c2ccc(C)cc2)n1. The van der Waals surface area contributed by atoms with Crippen molar-refractivity contribution in [3.8, 4) is 5.88 Å². The molecule has 2 rings (SSSR count). The van der Waals surface area contributed by atoms with Crippen LogP contribution >= 0.6 is 0 Å². The summed E-state index contributed by atoms with van der Waals surface area (Å²) in [7, 11) is 0.502. The van der Waals surface area contributed by atoms with Crippen LogP contribution in [0.15, 0.2) is 47.4 Å². The van der Waals surface area contributed by atoms with Gasteiger partial charge in [-0.3, -0.25) is 4.21 Å². The third-order valence-electron chi connectivity index (χ3n) is 2.55. The number of hydrogen-bond donors (Lipinski definition) is 0. The second kappa shape index (κ2) is 5.78. The van der Waals surface area contributed by atoms with Crippen LogP contribution in [-0.4, -0.2) is 16.3 Å². The Bertz CT molecular complexity index is 552. The Labute approximate surface area is 109 Å². The zero-order valence-corrected chi connectivity index (χ0v) is 11.2. The summed E-state index contributed by atoms with van der Waals surface area (Å²) in [4.78, 5) is 5.08. The van der Waals surface area contributed by atoms with Gasteiger partial charge in [-0.2, -0.15) is 0 Å². The molecule has 3 nitrogen and oxygen atoms in total. The highest BCUT2D eigenvalue weighted by Crippen LogP contribution is 2.14. The minimum Gasteiger partial charge on any atom is -0.481 e. The molecule has 18 heavy (non-hydrogen) atoms. The molecular weight excluding hydrogens is 246 g/mol. The van der Waals surface area contributed by atoms with Crippen LogP contribution in [-0.2, 0) is 16.6 Å². The fourth-order valence-corrected chi connectivity index (χ4v) is 2.60. The van der Waals surface area contributed by atoms with Crippen LogP contribution in [0.5, 0.6) is 5.88 Å². The van der Waals surface area contributed by atoms with Crippen molar-refractivity contribution in [1.82, 2.24) is 4.98 Å². The smallest absolute Gasteiger partial charge is 0.213 e. The molecule has 0 radical (unpaired) electrons. The largest absolute Gasteiger partial charge is 0.481 e. The summed E-state index contributed by atoms with van der Waals surface area (Å²) in [5.74, 6) is 0.952. The molecule has 1 aromatic heterocycles. The maximum atomic E-state index is 12.2. The molecule has 0 aliphatic carbocycles. The van der Waals surface area contributed by atoms with E-state index in [1.165, 1.54) is 0 Å². The zero-order valence-electron chi connectivity index (χ0n) is 10.4. The molecule has 0 saturated heterocycles. The molecule has 1 atom stereocenters. The van der Waals surface area contributed by atoms with Crippen molar-refractivity contribution < 1.29 is 8.95 Å². The molecular formula is C14H15NO2S. The van der Waals surface area contributed by atoms with Crippen molar-refractivity contribution in [3.05, 3.63) is 53.7 Å². The summed E-state index contributed by atoms with van der Waals surface area (Å²) in [5, 5.41) is 0. The highest BCUT2D eigenvalue weighted by atomic mass is 32.2. The molecule has 2 aromatic rings. The monoisotopic (exact) mass is 261 g/mol. The summed E-state index contributed by atoms with van der Waals surface area (Å²) in [6, 6.07) is 13.2. The number of aryl methyl sites for hydroxylation is 1. The van der Waals surface area contributed by atoms with E-state index in [1.807, 2.05) is 43.3 Å². The lowest BCUT2D eigenvalue weighted by atomic mass is 10.2. The van der Waals surface area contributed by atoms with Gasteiger partial charge < -0.3 is 4.74 Å². The molecule has 1 heterocycles. The van der Waals surface area contributed by atoms with Gasteiger partial charge in [-0.15, -0.1) is 0 Å². The quantitative estimate of drug-likeness (QED) is 0.849. The van der Waals surface area contributed by atoms with Crippen molar-refractivity contribution in [2.75, 3.05) is 7.11 Å². The molecule has 0 spiro atoms. The van der Waals surface area contributed by atoms with Crippen molar-refractivity contribution in [2.45, 2.75) is 17.6 Å². The number of aromatic nitrogens is 1. The van der Waals surface area contributed by atoms with Gasteiger partial charge in [0.25, 0.3) is 0 Å². The van der Waals surface area contributed by atoms with Crippen LogP contribution in [0.3, 0.4) is 0 Å². The highest BCUT2D eigenvalue weighted by Gasteiger charge is 2.06. The highest BCUT2D eigenvalue weighted by molar-refractivity contribution is 7.84. The minimum atomic E-state index is -1.07. The van der Waals surface area contributed by atoms with Gasteiger partial charge in [0, 0.05) is 11.0 Å². The third-order valence-corrected chi connectivity index (χ3v) is 3.91. The van der Waals surface area contributed by atoms with E-state index in [1.54, 1.807) is 13.2 Å². The molecule has 0 saturated carbocycles. The van der Waals surface area contributed by atoms with E-state index < -0.39 is 10.8 Å². The van der Waals surface area contributed by atoms with Crippen molar-refractivity contribution in [1.29, 1.82) is 0 Å². The number of nitrogens with zero attached hydrogens (tertiary/aromatic N) is 1. The van der Waals surface area contributed by atoms with E-state index >= 15 is 0 Å². The number of rotatable bonds is 4. The van der Waals surface area contributed by atoms with E-state index in [0.29, 0.717) is 11.6 Å². The predicted molar refractivity (Wildman–Crippen MR) is 72.1 cm³/mol. The molecule has 0 aliphatic rings. The van der Waals surface area contributed by atoms with Crippen molar-refractivity contribution in [3.63, 3.8) is 0 Å². The van der Waals surface area contributed by atoms with Crippen LogP contribution in [0, 0.1) is 6.92 Å². The lowest BCUT2D eigenvalue weighted by molar-refractivity contribution is 0.397. The molecule has 0 aliphatic heterocycles. The van der Waals surface area contributed by atoms with Crippen LogP contribution in [0.1, 0.15) is 11.3 Å². The predicted octanol–water partition coefficient (Wildman–Crippen LogP) is 2.71. The molecule has 0 N–H and O–H groups in total. The first-order valence-corrected chi connectivity index (χ1v) is 6.96. The van der Waals surface area contributed by atoms with E-state index in [4.69, 9.17) is 4.74 Å². The van der Waals surface area contributed by atoms with E-state index in [2.05, 4.69) is 4.98 Å². The summed E-state index contributed by atoms with van der Waals surface area (Å²) >= 11 is 0. The third kappa shape index (κ3) is 3.17. The Morgan fingerprint density at radius 1 is 1.17 bits per heavy atom. The summed E-state index contributed by atoms with van der Waals surface area (Å²) in [5.41, 5.74) is 1.93. The van der Waals surface area contributed by atoms with E-state index in [9.17, 15) is 4.21 Å². The topological polar surface area (TPSA) is 39.2 Å². The van der Waals surface area contributed by atoms with Gasteiger partial charge in [-0.25, -0.2) is 4.98 Å². The lowest BCUT2D eigenvalue weighted by Gasteiger charge is -2.04. The van der Waals surface area contributed by atoms with Crippen LogP contribution in [0.2, 0.25) is 0 Å². The number of methoxy groups -OCH3 is 1. The first-order chi connectivity index (χ1) is 8.69. The summed E-state index contributed by atoms with van der Waals surface area (Å²) in [6.07, 6.45) is 0. The van der Waals surface area contributed by atoms with E-state index in [-0.39, 0.29) is 0 Å². The van der Waals surface area contributed by atoms with Gasteiger partial charge in [0.15, 0.2) is 0 Å². The molecule has 94 valence electrons. The zero-order chi connectivity index (χ0) is 13.0. The van der Waals surface area contributed by atoms with Crippen LogP contribution in [0.4, 0.5) is 0 Å². The van der Waals surface area contributed by atoms with Gasteiger partial charge in [-0.05, 0) is 25.1 Å². The Morgan fingerprint density at radius 3 is 2.56 bits per heavy atom. The van der Waals surface area contributed by atoms with Gasteiger partial charge in [0.05, 0.1) is 29.4 Å². The molecule has 1 aromatic carbocycles. The Hall–Kier alpha value is -1.68. The van der Waals surface area contributed by atoms with Crippen molar-refractivity contribution >= 4 is 10.8 Å². The standard InChI is InChI=1S/C14H15NO2S/c1-11-6-8-13(9-7-11)18(16)10-12-4-3-5-14(15-12)17-2/h3-9H,10H2,1-2H3/t18-/m1/s1. The first-order valence-electron chi connectivity index (χ1n) is 5.64. The average Bonchev–Trinajstić information content (AvgIpc) is 2.39. The second-order valence-corrected chi connectivity index (χ2v) is 5.43. The van der Waals surface area contributed by atoms with Gasteiger partial charge in [-0.1, -0.05) is 23.8 Å². The summed E-state index contributed by atoms with van der Waals surface area (Å²) in [6.45, 7) is 2.01. The molecule has 0 bridgehead atoms. The van der Waals surface area contributed by atoms with E-state index in [0.717, 1.165) is 16.2 Å². The summed E-state index contributed by atoms with van der Waals surface area (Å²) < 4.78 is 17.2. The van der Waals surface area contributed by atoms with Gasteiger partial charge >= 0.3 is 0 Å². The van der Waals surface area contributed by atoms with Gasteiger partial charge in [0.1, 0.15) is 0 Å². The molecule has 0 unspecified atom stereocenters. The maximum Gasteiger partial charge on any atom is 0.213 e. The molecule has 0 fully saturated rings.